The molecule has 0 nitrogen and oxygen atoms in total. The maximum absolute atomic E-state index is 6.32. The molecule has 0 heterocycles. The zero-order chi connectivity index (χ0) is 14.4. The fourth-order valence-corrected chi connectivity index (χ4v) is 81.2. The molecule has 18 heavy (non-hydrogen) atoms. The van der Waals surface area contributed by atoms with Crippen LogP contribution in [0.15, 0.2) is 0 Å². The van der Waals surface area contributed by atoms with Gasteiger partial charge in [0.1, 0.15) is 0 Å². The van der Waals surface area contributed by atoms with Crippen LogP contribution in [0.25, 0.3) is 0 Å². The summed E-state index contributed by atoms with van der Waals surface area (Å²) in [6.07, 6.45) is 3.05. The average molecular weight is 618 g/mol. The van der Waals surface area contributed by atoms with Crippen molar-refractivity contribution < 1.29 is 0 Å². The van der Waals surface area contributed by atoms with E-state index in [-0.39, 0.29) is 4.75 Å². The van der Waals surface area contributed by atoms with Crippen LogP contribution in [0.3, 0.4) is 0 Å². The first-order chi connectivity index (χ1) is 7.84. The fourth-order valence-electron chi connectivity index (χ4n) is 2.46. The molecule has 1 aliphatic rings. The van der Waals surface area contributed by atoms with Gasteiger partial charge in [-0.15, -0.1) is 0 Å². The molecule has 1 unspecified atom stereocenters. The number of hydrogen-bond donors (Lipinski definition) is 0. The Labute approximate surface area is 152 Å². The molecule has 0 aromatic carbocycles. The van der Waals surface area contributed by atoms with E-state index in [0.29, 0.717) is 12.8 Å². The summed E-state index contributed by atoms with van der Waals surface area (Å²) in [7, 11) is 45.2. The Morgan fingerprint density at radius 1 is 0.722 bits per heavy atom. The second kappa shape index (κ2) is 7.01. The second-order valence-corrected chi connectivity index (χ2v) is 54.2. The van der Waals surface area contributed by atoms with Crippen molar-refractivity contribution in [3.8, 4) is 0 Å². The van der Waals surface area contributed by atoms with Gasteiger partial charge >= 0.3 is 155 Å². The van der Waals surface area contributed by atoms with E-state index < -0.39 is 34.5 Å². The van der Waals surface area contributed by atoms with Gasteiger partial charge in [0.25, 0.3) is 0 Å². The van der Waals surface area contributed by atoms with Gasteiger partial charge in [0.2, 0.25) is 0 Å². The molecule has 1 atom stereocenters. The van der Waals surface area contributed by atoms with Crippen molar-refractivity contribution >= 4 is 122 Å². The summed E-state index contributed by atoms with van der Waals surface area (Å²) < 4.78 is -1.20. The molecule has 0 N–H and O–H groups in total. The Morgan fingerprint density at radius 3 is 1.44 bits per heavy atom. The molecule has 12 heteroatoms. The zero-order valence-corrected chi connectivity index (χ0v) is 21.9. The summed E-state index contributed by atoms with van der Waals surface area (Å²) in [5.74, 6) is 0. The molecular formula is C6H9Cl9Ge3. The summed E-state index contributed by atoms with van der Waals surface area (Å²) in [5, 5.41) is 0. The number of halogens is 9. The Hall–Kier alpha value is 4.24. The van der Waals surface area contributed by atoms with E-state index in [9.17, 15) is 0 Å². The summed E-state index contributed by atoms with van der Waals surface area (Å²) in [5.41, 5.74) is 0. The quantitative estimate of drug-likeness (QED) is 0.295. The van der Waals surface area contributed by atoms with Gasteiger partial charge in [-0.2, -0.15) is 0 Å². The molecule has 0 aromatic heterocycles. The third-order valence-electron chi connectivity index (χ3n) is 3.32. The van der Waals surface area contributed by atoms with Crippen LogP contribution in [-0.2, 0) is 0 Å². The monoisotopic (exact) mass is 618 g/mol. The molecule has 0 radical (unpaired) electrons. The third-order valence-corrected chi connectivity index (χ3v) is 49.1. The molecule has 0 saturated heterocycles. The third kappa shape index (κ3) is 4.20. The first-order valence-electron chi connectivity index (χ1n) is 5.04. The van der Waals surface area contributed by atoms with E-state index in [4.69, 9.17) is 90.1 Å². The minimum atomic E-state index is -3.87. The van der Waals surface area contributed by atoms with Crippen LogP contribution in [0.4, 0.5) is 0 Å². The predicted molar refractivity (Wildman–Crippen MR) is 94.9 cm³/mol. The molecule has 0 spiro atoms. The van der Waals surface area contributed by atoms with Crippen molar-refractivity contribution in [1.82, 2.24) is 0 Å². The van der Waals surface area contributed by atoms with Crippen LogP contribution in [0.2, 0.25) is 7.83 Å². The fraction of sp³-hybridized carbons (Fsp3) is 1.00. The predicted octanol–water partition coefficient (Wildman–Crippen LogP) is 7.18. The van der Waals surface area contributed by atoms with Crippen molar-refractivity contribution in [2.75, 3.05) is 0 Å². The van der Waals surface area contributed by atoms with Gasteiger partial charge in [-0.1, -0.05) is 0 Å². The van der Waals surface area contributed by atoms with Crippen LogP contribution in [0.5, 0.6) is 0 Å². The molecule has 0 amide bonds. The molecule has 1 rings (SSSR count). The van der Waals surface area contributed by atoms with E-state index in [0.717, 1.165) is 12.8 Å². The normalized spacial score (nSPS) is 26.2. The van der Waals surface area contributed by atoms with Crippen LogP contribution >= 0.6 is 90.1 Å². The topological polar surface area (TPSA) is 0 Å². The molecule has 0 aromatic rings. The van der Waals surface area contributed by atoms with Gasteiger partial charge in [0.15, 0.2) is 0 Å². The SMILES string of the molecule is [Cl][Ge]([Cl])([Cl])[CH]1CCCC[C]1([Ge]([Cl])([Cl])[Cl])[Ge]([Cl])([Cl])[Cl]. The van der Waals surface area contributed by atoms with Crippen molar-refractivity contribution in [3.63, 3.8) is 0 Å². The standard InChI is InChI=1S/C6H9Cl9Ge3/c7-16(8,9)5-3-1-2-4-6(5,17(10,11)12)18(13,14)15/h5H,1-4H2. The average Bonchev–Trinajstić information content (AvgIpc) is 2.12. The van der Waals surface area contributed by atoms with Crippen LogP contribution in [-0.4, -0.2) is 31.4 Å². The zero-order valence-electron chi connectivity index (χ0n) is 8.81. The summed E-state index contributed by atoms with van der Waals surface area (Å²) in [4.78, 5) is 0. The van der Waals surface area contributed by atoms with Gasteiger partial charge < -0.3 is 0 Å². The first-order valence-corrected chi connectivity index (χ1v) is 33.2. The molecule has 1 saturated carbocycles. The molecule has 0 bridgehead atoms. The van der Waals surface area contributed by atoms with Crippen LogP contribution in [0, 0.1) is 0 Å². The Balaban J connectivity index is 3.38. The molecule has 0 aliphatic heterocycles. The summed E-state index contributed by atoms with van der Waals surface area (Å²) in [6.45, 7) is 0. The molecule has 1 aliphatic carbocycles. The summed E-state index contributed by atoms with van der Waals surface area (Å²) in [6, 6.07) is 0. The number of rotatable bonds is 3. The Morgan fingerprint density at radius 2 is 1.17 bits per heavy atom. The number of hydrogen-bond acceptors (Lipinski definition) is 0. The van der Waals surface area contributed by atoms with E-state index in [1.54, 1.807) is 0 Å². The maximum atomic E-state index is 6.32. The van der Waals surface area contributed by atoms with E-state index >= 15 is 0 Å². The van der Waals surface area contributed by atoms with Crippen molar-refractivity contribution in [2.24, 2.45) is 0 Å². The van der Waals surface area contributed by atoms with E-state index in [1.165, 1.54) is 0 Å². The van der Waals surface area contributed by atoms with Gasteiger partial charge in [0, 0.05) is 0 Å². The van der Waals surface area contributed by atoms with Gasteiger partial charge in [-0.3, -0.25) is 0 Å². The van der Waals surface area contributed by atoms with Gasteiger partial charge in [0.05, 0.1) is 0 Å². The minimum absolute atomic E-state index is 0.309. The summed E-state index contributed by atoms with van der Waals surface area (Å²) >= 11 is 0. The van der Waals surface area contributed by atoms with Crippen molar-refractivity contribution in [1.29, 1.82) is 0 Å². The van der Waals surface area contributed by atoms with Gasteiger partial charge in [-0.25, -0.2) is 0 Å². The van der Waals surface area contributed by atoms with E-state index in [1.807, 2.05) is 0 Å². The van der Waals surface area contributed by atoms with Crippen LogP contribution in [0.1, 0.15) is 25.7 Å². The van der Waals surface area contributed by atoms with Gasteiger partial charge in [-0.05, 0) is 0 Å². The Kier molecular flexibility index (Phi) is 7.89. The molecular weight excluding hydrogens is 609 g/mol. The molecule has 1 fully saturated rings. The molecule has 108 valence electrons. The van der Waals surface area contributed by atoms with Crippen LogP contribution < -0.4 is 0 Å². The second-order valence-electron chi connectivity index (χ2n) is 4.31. The Bertz CT molecular complexity index is 289. The van der Waals surface area contributed by atoms with Crippen molar-refractivity contribution in [3.05, 3.63) is 0 Å². The van der Waals surface area contributed by atoms with E-state index in [2.05, 4.69) is 0 Å². The van der Waals surface area contributed by atoms with Crippen molar-refractivity contribution in [2.45, 2.75) is 33.5 Å². The first kappa shape index (κ1) is 20.3.